The summed E-state index contributed by atoms with van der Waals surface area (Å²) in [6.07, 6.45) is 3.33. The lowest BCUT2D eigenvalue weighted by Gasteiger charge is -2.57. The first kappa shape index (κ1) is 14.9. The molecule has 1 aromatic carbocycles. The zero-order valence-electron chi connectivity index (χ0n) is 13.7. The molecule has 0 amide bonds. The van der Waals surface area contributed by atoms with Gasteiger partial charge in [0.2, 0.25) is 5.92 Å². The van der Waals surface area contributed by atoms with E-state index in [1.807, 2.05) is 13.2 Å². The van der Waals surface area contributed by atoms with Crippen molar-refractivity contribution in [3.8, 4) is 0 Å². The van der Waals surface area contributed by atoms with E-state index >= 15 is 0 Å². The second kappa shape index (κ2) is 4.39. The third-order valence-electron chi connectivity index (χ3n) is 5.80. The number of nitrogens with zero attached hydrogens (tertiary/aromatic N) is 3. The van der Waals surface area contributed by atoms with Crippen molar-refractivity contribution in [2.75, 3.05) is 0 Å². The molecule has 2 aliphatic carbocycles. The minimum atomic E-state index is -2.50. The Bertz CT molecular complexity index is 1030. The van der Waals surface area contributed by atoms with Crippen LogP contribution in [-0.2, 0) is 7.05 Å². The van der Waals surface area contributed by atoms with Crippen molar-refractivity contribution in [3.05, 3.63) is 30.0 Å². The van der Waals surface area contributed by atoms with Gasteiger partial charge in [0.05, 0.1) is 11.1 Å². The van der Waals surface area contributed by atoms with Gasteiger partial charge in [-0.25, -0.2) is 13.6 Å². The van der Waals surface area contributed by atoms with Crippen LogP contribution < -0.4 is 0 Å². The molecule has 0 saturated heterocycles. The molecule has 0 radical (unpaired) electrons. The highest BCUT2D eigenvalue weighted by Crippen LogP contribution is 2.66. The van der Waals surface area contributed by atoms with Crippen molar-refractivity contribution < 1.29 is 18.7 Å². The highest BCUT2D eigenvalue weighted by Gasteiger charge is 2.62. The summed E-state index contributed by atoms with van der Waals surface area (Å²) in [4.78, 5) is 11.3. The molecule has 2 saturated carbocycles. The molecule has 5 nitrogen and oxygen atoms in total. The van der Waals surface area contributed by atoms with E-state index in [1.165, 1.54) is 0 Å². The molecule has 2 fully saturated rings. The molecule has 130 valence electrons. The number of rotatable bonds is 2. The Hall–Kier alpha value is -2.44. The second-order valence-electron chi connectivity index (χ2n) is 7.72. The van der Waals surface area contributed by atoms with Crippen LogP contribution in [0.4, 0.5) is 8.78 Å². The SMILES string of the molecule is Cn1cc2c3cc(C(=O)O)ccc3n(C3CC4(C3)CC(F)(F)C4)c2n1. The van der Waals surface area contributed by atoms with Crippen LogP contribution in [0.1, 0.15) is 42.1 Å². The Morgan fingerprint density at radius 3 is 2.64 bits per heavy atom. The van der Waals surface area contributed by atoms with Crippen LogP contribution in [0.2, 0.25) is 0 Å². The smallest absolute Gasteiger partial charge is 0.335 e. The van der Waals surface area contributed by atoms with Gasteiger partial charge in [0.1, 0.15) is 0 Å². The first-order valence-electron chi connectivity index (χ1n) is 8.35. The maximum atomic E-state index is 13.3. The molecule has 0 bridgehead atoms. The van der Waals surface area contributed by atoms with E-state index in [2.05, 4.69) is 9.67 Å². The zero-order chi connectivity index (χ0) is 17.6. The van der Waals surface area contributed by atoms with Crippen molar-refractivity contribution >= 4 is 27.9 Å². The number of hydrogen-bond acceptors (Lipinski definition) is 2. The lowest BCUT2D eigenvalue weighted by atomic mass is 9.52. The van der Waals surface area contributed by atoms with E-state index in [0.29, 0.717) is 0 Å². The number of fused-ring (bicyclic) bond motifs is 3. The summed E-state index contributed by atoms with van der Waals surface area (Å²) in [5.74, 6) is -3.47. The average molecular weight is 345 g/mol. The maximum Gasteiger partial charge on any atom is 0.335 e. The van der Waals surface area contributed by atoms with Gasteiger partial charge in [-0.1, -0.05) is 0 Å². The Balaban J connectivity index is 1.61. The van der Waals surface area contributed by atoms with Crippen LogP contribution in [0, 0.1) is 5.41 Å². The summed E-state index contributed by atoms with van der Waals surface area (Å²) in [5.41, 5.74) is 1.74. The van der Waals surface area contributed by atoms with Crippen LogP contribution in [0.5, 0.6) is 0 Å². The van der Waals surface area contributed by atoms with Gasteiger partial charge in [0.15, 0.2) is 5.65 Å². The number of hydrogen-bond donors (Lipinski definition) is 1. The molecular formula is C18H17F2N3O2. The van der Waals surface area contributed by atoms with Gasteiger partial charge >= 0.3 is 5.97 Å². The van der Waals surface area contributed by atoms with Gasteiger partial charge < -0.3 is 9.67 Å². The number of carboxylic acid groups (broad SMARTS) is 1. The lowest BCUT2D eigenvalue weighted by molar-refractivity contribution is -0.202. The summed E-state index contributed by atoms with van der Waals surface area (Å²) in [7, 11) is 1.83. The number of carboxylic acids is 1. The predicted molar refractivity (Wildman–Crippen MR) is 88.1 cm³/mol. The fraction of sp³-hybridized carbons (Fsp3) is 0.444. The van der Waals surface area contributed by atoms with Crippen LogP contribution in [-0.4, -0.2) is 31.3 Å². The highest BCUT2D eigenvalue weighted by molar-refractivity contribution is 6.09. The molecule has 0 unspecified atom stereocenters. The summed E-state index contributed by atoms with van der Waals surface area (Å²) >= 11 is 0. The number of benzene rings is 1. The van der Waals surface area contributed by atoms with Crippen LogP contribution in [0.3, 0.4) is 0 Å². The first-order valence-corrected chi connectivity index (χ1v) is 8.35. The lowest BCUT2D eigenvalue weighted by Crippen LogP contribution is -2.53. The minimum absolute atomic E-state index is 0.00970. The Morgan fingerprint density at radius 2 is 2.00 bits per heavy atom. The van der Waals surface area contributed by atoms with Crippen molar-refractivity contribution in [2.24, 2.45) is 12.5 Å². The molecule has 1 N–H and O–H groups in total. The van der Waals surface area contributed by atoms with E-state index in [0.717, 1.165) is 34.8 Å². The standard InChI is InChI=1S/C18H17F2N3O2/c1-22-7-13-12-4-10(16(24)25)2-3-14(12)23(15(13)21-22)11-5-17(6-11)8-18(19,20)9-17/h2-4,7,11H,5-6,8-9H2,1H3,(H,24,25). The number of alkyl halides is 2. The summed E-state index contributed by atoms with van der Waals surface area (Å²) in [5, 5.41) is 15.5. The predicted octanol–water partition coefficient (Wildman–Crippen LogP) is 3.98. The van der Waals surface area contributed by atoms with Crippen LogP contribution in [0.15, 0.2) is 24.4 Å². The number of aromatic nitrogens is 3. The summed E-state index contributed by atoms with van der Waals surface area (Å²) < 4.78 is 30.4. The maximum absolute atomic E-state index is 13.3. The molecule has 1 spiro atoms. The van der Waals surface area contributed by atoms with Crippen molar-refractivity contribution in [1.82, 2.24) is 14.3 Å². The van der Waals surface area contributed by atoms with Gasteiger partial charge in [-0.05, 0) is 36.5 Å². The van der Waals surface area contributed by atoms with E-state index < -0.39 is 11.9 Å². The molecule has 2 heterocycles. The quantitative estimate of drug-likeness (QED) is 0.764. The second-order valence-corrected chi connectivity index (χ2v) is 7.72. The fourth-order valence-electron chi connectivity index (χ4n) is 4.88. The van der Waals surface area contributed by atoms with Gasteiger partial charge in [-0.15, -0.1) is 0 Å². The number of carbonyl (C=O) groups is 1. The fourth-order valence-corrected chi connectivity index (χ4v) is 4.88. The van der Waals surface area contributed by atoms with Gasteiger partial charge in [-0.2, -0.15) is 5.10 Å². The number of aryl methyl sites for hydroxylation is 1. The Morgan fingerprint density at radius 1 is 1.28 bits per heavy atom. The highest BCUT2D eigenvalue weighted by atomic mass is 19.3. The third kappa shape index (κ3) is 1.98. The molecular weight excluding hydrogens is 328 g/mol. The van der Waals surface area contributed by atoms with Crippen LogP contribution >= 0.6 is 0 Å². The molecule has 3 aromatic rings. The van der Waals surface area contributed by atoms with E-state index in [9.17, 15) is 18.7 Å². The molecule has 0 aliphatic heterocycles. The van der Waals surface area contributed by atoms with Gasteiger partial charge in [-0.3, -0.25) is 4.68 Å². The average Bonchev–Trinajstić information content (AvgIpc) is 2.96. The van der Waals surface area contributed by atoms with Gasteiger partial charge in [0.25, 0.3) is 0 Å². The van der Waals surface area contributed by atoms with Crippen LogP contribution in [0.25, 0.3) is 21.9 Å². The first-order chi connectivity index (χ1) is 11.8. The Labute approximate surface area is 141 Å². The van der Waals surface area contributed by atoms with Crippen molar-refractivity contribution in [3.63, 3.8) is 0 Å². The molecule has 2 aliphatic rings. The number of halogens is 2. The summed E-state index contributed by atoms with van der Waals surface area (Å²) in [6, 6.07) is 5.21. The Kier molecular flexibility index (Phi) is 2.61. The molecule has 5 rings (SSSR count). The topological polar surface area (TPSA) is 60.1 Å². The minimum Gasteiger partial charge on any atom is -0.478 e. The van der Waals surface area contributed by atoms with E-state index in [4.69, 9.17) is 0 Å². The zero-order valence-corrected chi connectivity index (χ0v) is 13.7. The molecule has 25 heavy (non-hydrogen) atoms. The summed E-state index contributed by atoms with van der Waals surface area (Å²) in [6.45, 7) is 0. The third-order valence-corrected chi connectivity index (χ3v) is 5.80. The molecule has 2 aromatic heterocycles. The molecule has 0 atom stereocenters. The molecule has 7 heteroatoms. The normalized spacial score (nSPS) is 21.6. The van der Waals surface area contributed by atoms with E-state index in [1.54, 1.807) is 22.9 Å². The monoisotopic (exact) mass is 345 g/mol. The van der Waals surface area contributed by atoms with Gasteiger partial charge in [0, 0.05) is 42.9 Å². The number of aromatic carboxylic acids is 1. The largest absolute Gasteiger partial charge is 0.478 e. The van der Waals surface area contributed by atoms with E-state index in [-0.39, 0.29) is 29.9 Å². The van der Waals surface area contributed by atoms with Crippen molar-refractivity contribution in [1.29, 1.82) is 0 Å². The van der Waals surface area contributed by atoms with Crippen molar-refractivity contribution in [2.45, 2.75) is 37.6 Å².